The number of hydrogen-bond donors (Lipinski definition) is 1. The molecule has 120 valence electrons. The molecule has 2 aromatic rings. The molecule has 1 aliphatic heterocycles. The Morgan fingerprint density at radius 2 is 2.23 bits per heavy atom. The van der Waals surface area contributed by atoms with Gasteiger partial charge in [0.2, 0.25) is 0 Å². The Morgan fingerprint density at radius 3 is 3.09 bits per heavy atom. The van der Waals surface area contributed by atoms with E-state index >= 15 is 0 Å². The molecule has 2 unspecified atom stereocenters. The molecule has 1 N–H and O–H groups in total. The molecule has 1 saturated carbocycles. The van der Waals surface area contributed by atoms with Gasteiger partial charge < -0.3 is 5.11 Å². The average molecular weight is 319 g/mol. The lowest BCUT2D eigenvalue weighted by Crippen LogP contribution is -2.53. The standard InChI is InChI=1S/C17H25N3OS/c1-12-9-20-15(13(2)18-16(20)22-12)11-19-8-7-17(21)6-4-3-5-14(17)10-19/h9,14,21H,3-8,10-11H2,1-2H3. The van der Waals surface area contributed by atoms with E-state index in [1.165, 1.54) is 29.8 Å². The third kappa shape index (κ3) is 2.39. The Hall–Kier alpha value is -0.910. The Bertz CT molecular complexity index is 691. The van der Waals surface area contributed by atoms with Gasteiger partial charge in [-0.25, -0.2) is 4.98 Å². The summed E-state index contributed by atoms with van der Waals surface area (Å²) in [6, 6.07) is 0. The highest BCUT2D eigenvalue weighted by atomic mass is 32.1. The molecule has 0 spiro atoms. The normalized spacial score (nSPS) is 29.9. The summed E-state index contributed by atoms with van der Waals surface area (Å²) in [5.74, 6) is 0.461. The maximum absolute atomic E-state index is 10.8. The van der Waals surface area contributed by atoms with Gasteiger partial charge in [-0.1, -0.05) is 12.8 Å². The first-order chi connectivity index (χ1) is 10.5. The molecule has 1 saturated heterocycles. The van der Waals surface area contributed by atoms with Crippen LogP contribution in [0.25, 0.3) is 4.96 Å². The molecular formula is C17H25N3OS. The van der Waals surface area contributed by atoms with Crippen LogP contribution in [0.5, 0.6) is 0 Å². The van der Waals surface area contributed by atoms with E-state index in [2.05, 4.69) is 29.3 Å². The van der Waals surface area contributed by atoms with E-state index in [0.717, 1.165) is 43.1 Å². The van der Waals surface area contributed by atoms with Gasteiger partial charge in [0.05, 0.1) is 17.0 Å². The number of aryl methyl sites for hydroxylation is 2. The Labute approximate surface area is 135 Å². The lowest BCUT2D eigenvalue weighted by Gasteiger charge is -2.47. The van der Waals surface area contributed by atoms with Crippen molar-refractivity contribution in [2.24, 2.45) is 5.92 Å². The van der Waals surface area contributed by atoms with Crippen LogP contribution < -0.4 is 0 Å². The number of thiazole rings is 1. The SMILES string of the molecule is Cc1cn2c(CN3CCC4(O)CCCCC4C3)c(C)nc2s1. The van der Waals surface area contributed by atoms with Gasteiger partial charge in [0.1, 0.15) is 0 Å². The van der Waals surface area contributed by atoms with Gasteiger partial charge >= 0.3 is 0 Å². The van der Waals surface area contributed by atoms with Crippen molar-refractivity contribution in [3.8, 4) is 0 Å². The third-order valence-corrected chi connectivity index (χ3v) is 6.52. The quantitative estimate of drug-likeness (QED) is 0.924. The van der Waals surface area contributed by atoms with Crippen LogP contribution in [0, 0.1) is 19.8 Å². The van der Waals surface area contributed by atoms with Crippen LogP contribution in [-0.4, -0.2) is 38.1 Å². The fraction of sp³-hybridized carbons (Fsp3) is 0.706. The molecule has 2 fully saturated rings. The summed E-state index contributed by atoms with van der Waals surface area (Å²) in [4.78, 5) is 9.64. The predicted octanol–water partition coefficient (Wildman–Crippen LogP) is 3.14. The van der Waals surface area contributed by atoms with Crippen LogP contribution in [-0.2, 0) is 6.54 Å². The number of piperidine rings is 1. The van der Waals surface area contributed by atoms with E-state index in [-0.39, 0.29) is 5.60 Å². The van der Waals surface area contributed by atoms with Crippen molar-refractivity contribution in [2.45, 2.75) is 58.1 Å². The Kier molecular flexibility index (Phi) is 3.55. The number of likely N-dealkylation sites (tertiary alicyclic amines) is 1. The van der Waals surface area contributed by atoms with Gasteiger partial charge in [-0.3, -0.25) is 9.30 Å². The summed E-state index contributed by atoms with van der Waals surface area (Å²) in [5, 5.41) is 10.8. The number of aliphatic hydroxyl groups is 1. The minimum absolute atomic E-state index is 0.379. The van der Waals surface area contributed by atoms with Crippen molar-refractivity contribution in [3.63, 3.8) is 0 Å². The summed E-state index contributed by atoms with van der Waals surface area (Å²) in [5.41, 5.74) is 2.09. The highest BCUT2D eigenvalue weighted by Crippen LogP contribution is 2.40. The monoisotopic (exact) mass is 319 g/mol. The molecule has 1 aliphatic carbocycles. The topological polar surface area (TPSA) is 40.8 Å². The summed E-state index contributed by atoms with van der Waals surface area (Å²) in [7, 11) is 0. The summed E-state index contributed by atoms with van der Waals surface area (Å²) in [6.45, 7) is 7.25. The fourth-order valence-electron chi connectivity index (χ4n) is 4.29. The molecule has 0 radical (unpaired) electrons. The molecule has 4 rings (SSSR count). The minimum Gasteiger partial charge on any atom is -0.390 e. The maximum Gasteiger partial charge on any atom is 0.194 e. The lowest BCUT2D eigenvalue weighted by atomic mass is 9.71. The van der Waals surface area contributed by atoms with E-state index in [1.807, 2.05) is 0 Å². The highest BCUT2D eigenvalue weighted by Gasteiger charge is 2.42. The molecule has 2 aliphatic rings. The van der Waals surface area contributed by atoms with Gasteiger partial charge in [-0.2, -0.15) is 0 Å². The largest absolute Gasteiger partial charge is 0.390 e. The summed E-state index contributed by atoms with van der Waals surface area (Å²) < 4.78 is 2.26. The van der Waals surface area contributed by atoms with Crippen molar-refractivity contribution in [2.75, 3.05) is 13.1 Å². The lowest BCUT2D eigenvalue weighted by molar-refractivity contribution is -0.0970. The number of fused-ring (bicyclic) bond motifs is 2. The second-order valence-corrected chi connectivity index (χ2v) is 8.38. The molecule has 0 aromatic carbocycles. The predicted molar refractivity (Wildman–Crippen MR) is 89.3 cm³/mol. The van der Waals surface area contributed by atoms with Crippen LogP contribution in [0.1, 0.15) is 48.4 Å². The molecule has 4 nitrogen and oxygen atoms in total. The van der Waals surface area contributed by atoms with Gasteiger partial charge in [-0.15, -0.1) is 11.3 Å². The first-order valence-electron chi connectivity index (χ1n) is 8.44. The van der Waals surface area contributed by atoms with Crippen molar-refractivity contribution in [1.29, 1.82) is 0 Å². The van der Waals surface area contributed by atoms with Crippen LogP contribution in [0.15, 0.2) is 6.20 Å². The number of nitrogens with zero attached hydrogens (tertiary/aromatic N) is 3. The molecule has 2 aromatic heterocycles. The van der Waals surface area contributed by atoms with Gasteiger partial charge in [-0.05, 0) is 33.1 Å². The number of imidazole rings is 1. The highest BCUT2D eigenvalue weighted by molar-refractivity contribution is 7.17. The van der Waals surface area contributed by atoms with E-state index in [1.54, 1.807) is 11.3 Å². The number of rotatable bonds is 2. The zero-order valence-corrected chi connectivity index (χ0v) is 14.3. The Balaban J connectivity index is 1.54. The van der Waals surface area contributed by atoms with Crippen LogP contribution >= 0.6 is 11.3 Å². The van der Waals surface area contributed by atoms with Gasteiger partial charge in [0, 0.05) is 36.6 Å². The molecule has 22 heavy (non-hydrogen) atoms. The van der Waals surface area contributed by atoms with Gasteiger partial charge in [0.25, 0.3) is 0 Å². The van der Waals surface area contributed by atoms with Crippen LogP contribution in [0.2, 0.25) is 0 Å². The zero-order chi connectivity index (χ0) is 15.3. The van der Waals surface area contributed by atoms with Crippen molar-refractivity contribution >= 4 is 16.3 Å². The second-order valence-electron chi connectivity index (χ2n) is 7.17. The van der Waals surface area contributed by atoms with E-state index in [0.29, 0.717) is 5.92 Å². The molecule has 3 heterocycles. The third-order valence-electron chi connectivity index (χ3n) is 5.63. The molecule has 2 atom stereocenters. The molecule has 0 bridgehead atoms. The van der Waals surface area contributed by atoms with E-state index < -0.39 is 0 Å². The first-order valence-corrected chi connectivity index (χ1v) is 9.25. The minimum atomic E-state index is -0.379. The van der Waals surface area contributed by atoms with E-state index in [9.17, 15) is 5.11 Å². The van der Waals surface area contributed by atoms with Crippen LogP contribution in [0.4, 0.5) is 0 Å². The average Bonchev–Trinajstić information content (AvgIpc) is 2.96. The molecule has 5 heteroatoms. The zero-order valence-electron chi connectivity index (χ0n) is 13.5. The van der Waals surface area contributed by atoms with Crippen LogP contribution in [0.3, 0.4) is 0 Å². The van der Waals surface area contributed by atoms with Gasteiger partial charge in [0.15, 0.2) is 4.96 Å². The van der Waals surface area contributed by atoms with Crippen molar-refractivity contribution in [1.82, 2.24) is 14.3 Å². The second kappa shape index (κ2) is 5.32. The maximum atomic E-state index is 10.8. The first kappa shape index (κ1) is 14.7. The number of aromatic nitrogens is 2. The summed E-state index contributed by atoms with van der Waals surface area (Å²) >= 11 is 1.76. The summed E-state index contributed by atoms with van der Waals surface area (Å²) in [6.07, 6.45) is 7.80. The molecule has 0 amide bonds. The fourth-order valence-corrected chi connectivity index (χ4v) is 5.18. The molecular weight excluding hydrogens is 294 g/mol. The van der Waals surface area contributed by atoms with E-state index in [4.69, 9.17) is 4.98 Å². The van der Waals surface area contributed by atoms with Crippen molar-refractivity contribution < 1.29 is 5.11 Å². The van der Waals surface area contributed by atoms with Crippen molar-refractivity contribution in [3.05, 3.63) is 22.5 Å². The Morgan fingerprint density at radius 1 is 1.36 bits per heavy atom. The smallest absolute Gasteiger partial charge is 0.194 e. The number of hydrogen-bond acceptors (Lipinski definition) is 4.